The van der Waals surface area contributed by atoms with Gasteiger partial charge in [-0.25, -0.2) is 4.39 Å². The summed E-state index contributed by atoms with van der Waals surface area (Å²) >= 11 is 5.77. The van der Waals surface area contributed by atoms with E-state index in [1.807, 2.05) is 6.92 Å². The zero-order valence-corrected chi connectivity index (χ0v) is 8.31. The van der Waals surface area contributed by atoms with Crippen LogP contribution in [0.2, 0.25) is 5.02 Å². The van der Waals surface area contributed by atoms with Gasteiger partial charge >= 0.3 is 0 Å². The first-order chi connectivity index (χ1) is 6.19. The second kappa shape index (κ2) is 4.58. The molecule has 0 aliphatic rings. The number of rotatable bonds is 3. The fourth-order valence-corrected chi connectivity index (χ4v) is 1.52. The molecular formula is C10H13ClFN. The van der Waals surface area contributed by atoms with E-state index in [0.29, 0.717) is 17.1 Å². The van der Waals surface area contributed by atoms with Crippen LogP contribution in [-0.4, -0.2) is 6.54 Å². The van der Waals surface area contributed by atoms with Gasteiger partial charge in [-0.3, -0.25) is 0 Å². The Hall–Kier alpha value is -0.600. The van der Waals surface area contributed by atoms with Crippen LogP contribution >= 0.6 is 11.6 Å². The fraction of sp³-hybridized carbons (Fsp3) is 0.400. The van der Waals surface area contributed by atoms with Crippen molar-refractivity contribution in [2.24, 2.45) is 5.73 Å². The van der Waals surface area contributed by atoms with Crippen LogP contribution in [0.1, 0.15) is 24.8 Å². The molecule has 0 aliphatic heterocycles. The van der Waals surface area contributed by atoms with Gasteiger partial charge in [-0.2, -0.15) is 0 Å². The molecule has 0 aliphatic carbocycles. The first kappa shape index (κ1) is 10.5. The van der Waals surface area contributed by atoms with Crippen molar-refractivity contribution in [2.75, 3.05) is 6.54 Å². The Labute approximate surface area is 82.7 Å². The molecule has 72 valence electrons. The highest BCUT2D eigenvalue weighted by molar-refractivity contribution is 6.30. The number of hydrogen-bond acceptors (Lipinski definition) is 1. The normalized spacial score (nSPS) is 12.9. The van der Waals surface area contributed by atoms with E-state index in [1.165, 1.54) is 6.07 Å². The molecule has 0 radical (unpaired) electrons. The van der Waals surface area contributed by atoms with Crippen LogP contribution < -0.4 is 5.73 Å². The molecule has 1 unspecified atom stereocenters. The Kier molecular flexibility index (Phi) is 3.70. The van der Waals surface area contributed by atoms with E-state index in [2.05, 4.69) is 0 Å². The molecule has 0 aromatic heterocycles. The average molecular weight is 202 g/mol. The number of nitrogens with two attached hydrogens (primary N) is 1. The van der Waals surface area contributed by atoms with Crippen molar-refractivity contribution in [3.8, 4) is 0 Å². The van der Waals surface area contributed by atoms with Crippen molar-refractivity contribution >= 4 is 11.6 Å². The van der Waals surface area contributed by atoms with Crippen molar-refractivity contribution < 1.29 is 4.39 Å². The highest BCUT2D eigenvalue weighted by Crippen LogP contribution is 2.24. The van der Waals surface area contributed by atoms with Gasteiger partial charge in [0.05, 0.1) is 0 Å². The largest absolute Gasteiger partial charge is 0.330 e. The van der Waals surface area contributed by atoms with E-state index < -0.39 is 0 Å². The van der Waals surface area contributed by atoms with Gasteiger partial charge in [0.1, 0.15) is 5.82 Å². The smallest absolute Gasteiger partial charge is 0.126 e. The van der Waals surface area contributed by atoms with Crippen LogP contribution in [0.4, 0.5) is 4.39 Å². The predicted molar refractivity (Wildman–Crippen MR) is 53.5 cm³/mol. The summed E-state index contributed by atoms with van der Waals surface area (Å²) in [6.45, 7) is 2.44. The molecule has 0 amide bonds. The molecule has 1 rings (SSSR count). The van der Waals surface area contributed by atoms with Crippen LogP contribution in [-0.2, 0) is 0 Å². The highest BCUT2D eigenvalue weighted by atomic mass is 35.5. The van der Waals surface area contributed by atoms with E-state index >= 15 is 0 Å². The third kappa shape index (κ3) is 2.42. The summed E-state index contributed by atoms with van der Waals surface area (Å²) in [5.74, 6) is -0.152. The van der Waals surface area contributed by atoms with Crippen LogP contribution in [0.25, 0.3) is 0 Å². The van der Waals surface area contributed by atoms with Gasteiger partial charge in [0.25, 0.3) is 0 Å². The molecule has 3 heteroatoms. The molecule has 0 saturated heterocycles. The molecule has 0 saturated carbocycles. The summed E-state index contributed by atoms with van der Waals surface area (Å²) in [6.07, 6.45) is 0.827. The molecule has 1 atom stereocenters. The van der Waals surface area contributed by atoms with Crippen LogP contribution in [0.15, 0.2) is 18.2 Å². The lowest BCUT2D eigenvalue weighted by atomic mass is 9.96. The van der Waals surface area contributed by atoms with Gasteiger partial charge in [0.15, 0.2) is 0 Å². The molecule has 1 aromatic rings. The zero-order chi connectivity index (χ0) is 9.84. The molecule has 0 heterocycles. The highest BCUT2D eigenvalue weighted by Gasteiger charge is 2.12. The van der Waals surface area contributed by atoms with Crippen molar-refractivity contribution in [3.05, 3.63) is 34.6 Å². The Bertz CT molecular complexity index is 284. The lowest BCUT2D eigenvalue weighted by Crippen LogP contribution is -2.12. The fourth-order valence-electron chi connectivity index (χ4n) is 1.34. The molecular weight excluding hydrogens is 189 g/mol. The molecule has 13 heavy (non-hydrogen) atoms. The number of benzene rings is 1. The van der Waals surface area contributed by atoms with Crippen LogP contribution in [0, 0.1) is 5.82 Å². The second-order valence-corrected chi connectivity index (χ2v) is 3.44. The van der Waals surface area contributed by atoms with Gasteiger partial charge in [0, 0.05) is 5.02 Å². The van der Waals surface area contributed by atoms with Gasteiger partial charge in [-0.15, -0.1) is 0 Å². The van der Waals surface area contributed by atoms with E-state index in [9.17, 15) is 4.39 Å². The van der Waals surface area contributed by atoms with Gasteiger partial charge in [-0.05, 0) is 42.6 Å². The molecule has 0 bridgehead atoms. The summed E-state index contributed by atoms with van der Waals surface area (Å²) in [4.78, 5) is 0. The maximum absolute atomic E-state index is 13.3. The van der Waals surface area contributed by atoms with Gasteiger partial charge in [0.2, 0.25) is 0 Å². The minimum absolute atomic E-state index is 0.0682. The summed E-state index contributed by atoms with van der Waals surface area (Å²) < 4.78 is 13.3. The third-order valence-electron chi connectivity index (χ3n) is 2.18. The second-order valence-electron chi connectivity index (χ2n) is 3.01. The third-order valence-corrected chi connectivity index (χ3v) is 2.41. The Morgan fingerprint density at radius 1 is 1.54 bits per heavy atom. The lowest BCUT2D eigenvalue weighted by Gasteiger charge is -2.13. The molecule has 2 N–H and O–H groups in total. The van der Waals surface area contributed by atoms with Crippen molar-refractivity contribution in [1.29, 1.82) is 0 Å². The molecule has 0 spiro atoms. The molecule has 0 fully saturated rings. The number of hydrogen-bond donors (Lipinski definition) is 1. The van der Waals surface area contributed by atoms with Crippen molar-refractivity contribution in [3.63, 3.8) is 0 Å². The van der Waals surface area contributed by atoms with Crippen molar-refractivity contribution in [2.45, 2.75) is 19.3 Å². The maximum atomic E-state index is 13.3. The van der Waals surface area contributed by atoms with Crippen LogP contribution in [0.3, 0.4) is 0 Å². The zero-order valence-electron chi connectivity index (χ0n) is 7.56. The maximum Gasteiger partial charge on any atom is 0.126 e. The lowest BCUT2D eigenvalue weighted by molar-refractivity contribution is 0.570. The summed E-state index contributed by atoms with van der Waals surface area (Å²) in [5, 5.41) is 0.559. The molecule has 1 aromatic carbocycles. The van der Waals surface area contributed by atoms with Gasteiger partial charge < -0.3 is 5.73 Å². The van der Waals surface area contributed by atoms with E-state index in [4.69, 9.17) is 17.3 Å². The van der Waals surface area contributed by atoms with Crippen LogP contribution in [0.5, 0.6) is 0 Å². The minimum Gasteiger partial charge on any atom is -0.330 e. The predicted octanol–water partition coefficient (Wildman–Crippen LogP) is 2.93. The summed E-state index contributed by atoms with van der Waals surface area (Å²) in [6, 6.07) is 4.58. The number of halogens is 2. The van der Waals surface area contributed by atoms with Gasteiger partial charge in [-0.1, -0.05) is 18.5 Å². The average Bonchev–Trinajstić information content (AvgIpc) is 2.13. The van der Waals surface area contributed by atoms with E-state index in [0.717, 1.165) is 6.42 Å². The Morgan fingerprint density at radius 2 is 2.23 bits per heavy atom. The molecule has 1 nitrogen and oxygen atoms in total. The standard InChI is InChI=1S/C10H13ClFN/c1-2-7(6-13)9-5-8(11)3-4-10(9)12/h3-5,7H,2,6,13H2,1H3. The summed E-state index contributed by atoms with van der Waals surface area (Å²) in [7, 11) is 0. The Morgan fingerprint density at radius 3 is 2.77 bits per heavy atom. The summed E-state index contributed by atoms with van der Waals surface area (Å²) in [5.41, 5.74) is 6.15. The first-order valence-corrected chi connectivity index (χ1v) is 4.71. The van der Waals surface area contributed by atoms with E-state index in [-0.39, 0.29) is 11.7 Å². The monoisotopic (exact) mass is 201 g/mol. The van der Waals surface area contributed by atoms with Crippen molar-refractivity contribution in [1.82, 2.24) is 0 Å². The van der Waals surface area contributed by atoms with E-state index in [1.54, 1.807) is 12.1 Å². The quantitative estimate of drug-likeness (QED) is 0.800. The Balaban J connectivity index is 3.03. The topological polar surface area (TPSA) is 26.0 Å². The first-order valence-electron chi connectivity index (χ1n) is 4.34. The SMILES string of the molecule is CCC(CN)c1cc(Cl)ccc1F. The minimum atomic E-state index is -0.221.